The zero-order valence-corrected chi connectivity index (χ0v) is 15.0. The summed E-state index contributed by atoms with van der Waals surface area (Å²) in [5, 5.41) is 2.77. The monoisotopic (exact) mass is 390 g/mol. The van der Waals surface area contributed by atoms with Gasteiger partial charge in [-0.2, -0.15) is 0 Å². The van der Waals surface area contributed by atoms with E-state index >= 15 is 0 Å². The summed E-state index contributed by atoms with van der Waals surface area (Å²) in [6, 6.07) is 8.99. The van der Waals surface area contributed by atoms with Gasteiger partial charge in [0.15, 0.2) is 11.5 Å². The first kappa shape index (κ1) is 17.6. The molecule has 0 radical (unpaired) electrons. The number of rotatable bonds is 3. The van der Waals surface area contributed by atoms with Crippen molar-refractivity contribution < 1.29 is 23.5 Å². The summed E-state index contributed by atoms with van der Waals surface area (Å²) in [4.78, 5) is 26.5. The largest absolute Gasteiger partial charge is 0.486 e. The second-order valence-electron chi connectivity index (χ2n) is 6.35. The molecule has 140 valence electrons. The third-order valence-electron chi connectivity index (χ3n) is 4.52. The highest BCUT2D eigenvalue weighted by Crippen LogP contribution is 2.36. The summed E-state index contributed by atoms with van der Waals surface area (Å²) in [5.74, 6) is -0.297. The van der Waals surface area contributed by atoms with Crippen LogP contribution in [0.25, 0.3) is 0 Å². The summed E-state index contributed by atoms with van der Waals surface area (Å²) in [5.41, 5.74) is 0.965. The molecule has 0 saturated carbocycles. The fourth-order valence-corrected chi connectivity index (χ4v) is 3.37. The smallest absolute Gasteiger partial charge is 0.229 e. The van der Waals surface area contributed by atoms with E-state index in [-0.39, 0.29) is 29.8 Å². The molecule has 8 heteroatoms. The van der Waals surface area contributed by atoms with E-state index in [9.17, 15) is 14.0 Å². The third-order valence-corrected chi connectivity index (χ3v) is 4.83. The van der Waals surface area contributed by atoms with Gasteiger partial charge in [0.1, 0.15) is 19.0 Å². The Morgan fingerprint density at radius 3 is 2.70 bits per heavy atom. The van der Waals surface area contributed by atoms with E-state index in [0.717, 1.165) is 6.07 Å². The van der Waals surface area contributed by atoms with Crippen molar-refractivity contribution in [2.45, 2.75) is 6.42 Å². The molecule has 2 aromatic rings. The first-order chi connectivity index (χ1) is 13.0. The van der Waals surface area contributed by atoms with Gasteiger partial charge < -0.3 is 19.7 Å². The van der Waals surface area contributed by atoms with Gasteiger partial charge in [-0.15, -0.1) is 0 Å². The molecule has 0 bridgehead atoms. The number of fused-ring (bicyclic) bond motifs is 1. The summed E-state index contributed by atoms with van der Waals surface area (Å²) in [6.45, 7) is 1.18. The Kier molecular flexibility index (Phi) is 4.61. The lowest BCUT2D eigenvalue weighted by molar-refractivity contribution is -0.122. The van der Waals surface area contributed by atoms with Crippen LogP contribution >= 0.6 is 11.6 Å². The van der Waals surface area contributed by atoms with Crippen LogP contribution in [0.15, 0.2) is 36.4 Å². The zero-order valence-electron chi connectivity index (χ0n) is 14.2. The molecule has 1 fully saturated rings. The van der Waals surface area contributed by atoms with E-state index < -0.39 is 11.7 Å². The molecular weight excluding hydrogens is 375 g/mol. The van der Waals surface area contributed by atoms with E-state index in [0.29, 0.717) is 36.1 Å². The summed E-state index contributed by atoms with van der Waals surface area (Å²) >= 11 is 5.94. The molecule has 6 nitrogen and oxygen atoms in total. The van der Waals surface area contributed by atoms with E-state index in [2.05, 4.69) is 5.32 Å². The topological polar surface area (TPSA) is 67.9 Å². The van der Waals surface area contributed by atoms with Crippen molar-refractivity contribution in [3.05, 3.63) is 47.2 Å². The molecule has 1 N–H and O–H groups in total. The summed E-state index contributed by atoms with van der Waals surface area (Å²) < 4.78 is 24.2. The molecule has 2 aliphatic heterocycles. The first-order valence-corrected chi connectivity index (χ1v) is 8.85. The second-order valence-corrected chi connectivity index (χ2v) is 6.75. The standard InChI is InChI=1S/C19H16ClFN2O4/c20-14-8-12(21)1-3-15(14)22-19(25)11-7-18(24)23(10-11)13-2-4-16-17(9-13)27-6-5-26-16/h1-4,8-9,11H,5-7,10H2,(H,22,25). The van der Waals surface area contributed by atoms with Gasteiger partial charge in [-0.05, 0) is 30.3 Å². The molecule has 0 aliphatic carbocycles. The van der Waals surface area contributed by atoms with Crippen molar-refractivity contribution in [3.8, 4) is 11.5 Å². The lowest BCUT2D eigenvalue weighted by Crippen LogP contribution is -2.28. The number of carbonyl (C=O) groups is 2. The highest BCUT2D eigenvalue weighted by Gasteiger charge is 2.35. The number of nitrogens with zero attached hydrogens (tertiary/aromatic N) is 1. The predicted octanol–water partition coefficient (Wildman–Crippen LogP) is 3.24. The number of carbonyl (C=O) groups excluding carboxylic acids is 2. The van der Waals surface area contributed by atoms with E-state index in [4.69, 9.17) is 21.1 Å². The van der Waals surface area contributed by atoms with Crippen LogP contribution in [0.3, 0.4) is 0 Å². The molecule has 2 heterocycles. The minimum Gasteiger partial charge on any atom is -0.486 e. The van der Waals surface area contributed by atoms with Gasteiger partial charge in [0, 0.05) is 24.7 Å². The van der Waals surface area contributed by atoms with Crippen LogP contribution in [0.1, 0.15) is 6.42 Å². The lowest BCUT2D eigenvalue weighted by atomic mass is 10.1. The van der Waals surface area contributed by atoms with Crippen molar-refractivity contribution in [1.82, 2.24) is 0 Å². The Morgan fingerprint density at radius 1 is 1.15 bits per heavy atom. The van der Waals surface area contributed by atoms with Crippen LogP contribution in [0.5, 0.6) is 11.5 Å². The third kappa shape index (κ3) is 3.55. The number of nitrogens with one attached hydrogen (secondary N) is 1. The highest BCUT2D eigenvalue weighted by molar-refractivity contribution is 6.33. The highest BCUT2D eigenvalue weighted by atomic mass is 35.5. The SMILES string of the molecule is O=C(Nc1ccc(F)cc1Cl)C1CC(=O)N(c2ccc3c(c2)OCCO3)C1. The average molecular weight is 391 g/mol. The number of benzene rings is 2. The van der Waals surface area contributed by atoms with Gasteiger partial charge in [-0.1, -0.05) is 11.6 Å². The number of halogens is 2. The van der Waals surface area contributed by atoms with Crippen molar-refractivity contribution in [1.29, 1.82) is 0 Å². The van der Waals surface area contributed by atoms with Crippen LogP contribution in [0.2, 0.25) is 5.02 Å². The Labute approximate surface area is 159 Å². The maximum absolute atomic E-state index is 13.1. The van der Waals surface area contributed by atoms with Crippen LogP contribution in [-0.2, 0) is 9.59 Å². The Balaban J connectivity index is 1.48. The maximum atomic E-state index is 13.1. The molecular formula is C19H16ClFN2O4. The predicted molar refractivity (Wildman–Crippen MR) is 97.9 cm³/mol. The molecule has 1 saturated heterocycles. The first-order valence-electron chi connectivity index (χ1n) is 8.47. The number of hydrogen-bond acceptors (Lipinski definition) is 4. The zero-order chi connectivity index (χ0) is 19.0. The number of amides is 2. The molecule has 27 heavy (non-hydrogen) atoms. The Bertz CT molecular complexity index is 921. The minimum atomic E-state index is -0.535. The fraction of sp³-hybridized carbons (Fsp3) is 0.263. The van der Waals surface area contributed by atoms with Crippen LogP contribution in [-0.4, -0.2) is 31.6 Å². The number of anilines is 2. The van der Waals surface area contributed by atoms with Gasteiger partial charge in [0.25, 0.3) is 0 Å². The van der Waals surface area contributed by atoms with Gasteiger partial charge >= 0.3 is 0 Å². The molecule has 2 aromatic carbocycles. The molecule has 2 aliphatic rings. The van der Waals surface area contributed by atoms with Crippen molar-refractivity contribution in [2.24, 2.45) is 5.92 Å². The molecule has 4 rings (SSSR count). The second kappa shape index (κ2) is 7.08. The van der Waals surface area contributed by atoms with E-state index in [1.807, 2.05) is 0 Å². The average Bonchev–Trinajstić information content (AvgIpc) is 3.05. The van der Waals surface area contributed by atoms with Gasteiger partial charge in [0.05, 0.1) is 16.6 Å². The number of ether oxygens (including phenoxy) is 2. The Hall–Kier alpha value is -2.80. The van der Waals surface area contributed by atoms with Crippen molar-refractivity contribution >= 4 is 34.8 Å². The van der Waals surface area contributed by atoms with Gasteiger partial charge in [-0.3, -0.25) is 9.59 Å². The minimum absolute atomic E-state index is 0.0824. The fourth-order valence-electron chi connectivity index (χ4n) is 3.16. The van der Waals surface area contributed by atoms with Crippen LogP contribution < -0.4 is 19.7 Å². The molecule has 1 unspecified atom stereocenters. The van der Waals surface area contributed by atoms with Crippen molar-refractivity contribution in [2.75, 3.05) is 30.0 Å². The molecule has 0 spiro atoms. The van der Waals surface area contributed by atoms with E-state index in [1.54, 1.807) is 23.1 Å². The van der Waals surface area contributed by atoms with Crippen molar-refractivity contribution in [3.63, 3.8) is 0 Å². The number of hydrogen-bond donors (Lipinski definition) is 1. The lowest BCUT2D eigenvalue weighted by Gasteiger charge is -2.22. The maximum Gasteiger partial charge on any atom is 0.229 e. The molecule has 2 amide bonds. The summed E-state index contributed by atoms with van der Waals surface area (Å²) in [7, 11) is 0. The van der Waals surface area contributed by atoms with Crippen LogP contribution in [0.4, 0.5) is 15.8 Å². The van der Waals surface area contributed by atoms with Gasteiger partial charge in [0.2, 0.25) is 11.8 Å². The quantitative estimate of drug-likeness (QED) is 0.873. The Morgan fingerprint density at radius 2 is 1.93 bits per heavy atom. The normalized spacial score (nSPS) is 18.5. The van der Waals surface area contributed by atoms with E-state index in [1.165, 1.54) is 12.1 Å². The summed E-state index contributed by atoms with van der Waals surface area (Å²) in [6.07, 6.45) is 0.0824. The van der Waals surface area contributed by atoms with Crippen LogP contribution in [0, 0.1) is 11.7 Å². The molecule has 1 atom stereocenters. The van der Waals surface area contributed by atoms with Gasteiger partial charge in [-0.25, -0.2) is 4.39 Å². The molecule has 0 aromatic heterocycles.